The van der Waals surface area contributed by atoms with Crippen LogP contribution < -0.4 is 0 Å². The molecule has 1 nitrogen and oxygen atoms in total. The molecule has 0 heterocycles. The van der Waals surface area contributed by atoms with Gasteiger partial charge in [-0.3, -0.25) is 4.79 Å². The number of fused-ring (bicyclic) bond motifs is 1. The minimum atomic E-state index is -0.295. The number of ketones is 1. The van der Waals surface area contributed by atoms with Crippen molar-refractivity contribution in [1.82, 2.24) is 0 Å². The zero-order valence-corrected chi connectivity index (χ0v) is 10.8. The highest BCUT2D eigenvalue weighted by Crippen LogP contribution is 2.38. The van der Waals surface area contributed by atoms with Crippen LogP contribution in [-0.4, -0.2) is 5.78 Å². The molecule has 1 heteroatoms. The minimum absolute atomic E-state index is 0.150. The van der Waals surface area contributed by atoms with Crippen LogP contribution >= 0.6 is 0 Å². The molecule has 86 valence electrons. The number of rotatable bonds is 0. The fourth-order valence-corrected chi connectivity index (χ4v) is 2.32. The van der Waals surface area contributed by atoms with Gasteiger partial charge in [-0.25, -0.2) is 0 Å². The van der Waals surface area contributed by atoms with Crippen molar-refractivity contribution in [2.24, 2.45) is 0 Å². The van der Waals surface area contributed by atoms with Crippen LogP contribution in [0.3, 0.4) is 0 Å². The molecule has 0 aromatic heterocycles. The Hall–Kier alpha value is -1.11. The predicted molar refractivity (Wildman–Crippen MR) is 66.9 cm³/mol. The number of carbonyl (C=O) groups is 1. The zero-order valence-electron chi connectivity index (χ0n) is 10.8. The Morgan fingerprint density at radius 3 is 2.38 bits per heavy atom. The van der Waals surface area contributed by atoms with Crippen molar-refractivity contribution in [1.29, 1.82) is 0 Å². The molecule has 0 aliphatic heterocycles. The summed E-state index contributed by atoms with van der Waals surface area (Å²) >= 11 is 0. The van der Waals surface area contributed by atoms with Gasteiger partial charge in [-0.1, -0.05) is 39.0 Å². The molecular weight excluding hydrogens is 196 g/mol. The van der Waals surface area contributed by atoms with E-state index >= 15 is 0 Å². The maximum absolute atomic E-state index is 11.9. The smallest absolute Gasteiger partial charge is 0.147 e. The molecule has 0 unspecified atom stereocenters. The molecule has 0 amide bonds. The molecule has 0 N–H and O–H groups in total. The van der Waals surface area contributed by atoms with Gasteiger partial charge in [0.1, 0.15) is 5.78 Å². The van der Waals surface area contributed by atoms with E-state index < -0.39 is 0 Å². The topological polar surface area (TPSA) is 17.1 Å². The second kappa shape index (κ2) is 3.19. The molecule has 0 radical (unpaired) electrons. The third-order valence-corrected chi connectivity index (χ3v) is 3.70. The van der Waals surface area contributed by atoms with Gasteiger partial charge in [0.25, 0.3) is 0 Å². The third-order valence-electron chi connectivity index (χ3n) is 3.70. The molecule has 0 spiro atoms. The fourth-order valence-electron chi connectivity index (χ4n) is 2.32. The number of benzene rings is 1. The Kier molecular flexibility index (Phi) is 2.27. The lowest BCUT2D eigenvalue weighted by molar-refractivity contribution is -0.121. The first-order valence-electron chi connectivity index (χ1n) is 5.90. The first-order chi connectivity index (χ1) is 7.23. The second-order valence-electron chi connectivity index (χ2n) is 6.35. The maximum Gasteiger partial charge on any atom is 0.147 e. The van der Waals surface area contributed by atoms with Gasteiger partial charge < -0.3 is 0 Å². The summed E-state index contributed by atoms with van der Waals surface area (Å²) in [5.41, 5.74) is 3.61. The molecule has 1 aliphatic carbocycles. The lowest BCUT2D eigenvalue weighted by Gasteiger charge is -2.23. The molecule has 16 heavy (non-hydrogen) atoms. The maximum atomic E-state index is 11.9. The van der Waals surface area contributed by atoms with E-state index in [-0.39, 0.29) is 10.8 Å². The summed E-state index contributed by atoms with van der Waals surface area (Å²) < 4.78 is 0. The van der Waals surface area contributed by atoms with Crippen molar-refractivity contribution in [2.45, 2.75) is 51.9 Å². The van der Waals surface area contributed by atoms with Crippen molar-refractivity contribution in [2.75, 3.05) is 0 Å². The van der Waals surface area contributed by atoms with Gasteiger partial charge >= 0.3 is 0 Å². The summed E-state index contributed by atoms with van der Waals surface area (Å²) in [6, 6.07) is 6.51. The minimum Gasteiger partial charge on any atom is -0.298 e. The Balaban J connectivity index is 2.57. The van der Waals surface area contributed by atoms with Gasteiger partial charge in [0.2, 0.25) is 0 Å². The van der Waals surface area contributed by atoms with Crippen LogP contribution in [0.5, 0.6) is 0 Å². The van der Waals surface area contributed by atoms with E-state index in [2.05, 4.69) is 39.0 Å². The quantitative estimate of drug-likeness (QED) is 0.649. The third kappa shape index (κ3) is 1.59. The van der Waals surface area contributed by atoms with Gasteiger partial charge in [-0.05, 0) is 36.0 Å². The Labute approximate surface area is 97.9 Å². The molecule has 1 aliphatic rings. The van der Waals surface area contributed by atoms with Crippen LogP contribution in [0.1, 0.15) is 51.3 Å². The van der Waals surface area contributed by atoms with Crippen molar-refractivity contribution in [3.05, 3.63) is 34.9 Å². The Morgan fingerprint density at radius 1 is 1.19 bits per heavy atom. The van der Waals surface area contributed by atoms with E-state index in [0.29, 0.717) is 12.2 Å². The summed E-state index contributed by atoms with van der Waals surface area (Å²) in [5.74, 6) is 0.341. The molecule has 1 aromatic rings. The van der Waals surface area contributed by atoms with E-state index in [1.807, 2.05) is 13.8 Å². The van der Waals surface area contributed by atoms with Crippen LogP contribution in [0.25, 0.3) is 0 Å². The average Bonchev–Trinajstić information content (AvgIpc) is 2.37. The summed E-state index contributed by atoms with van der Waals surface area (Å²) in [7, 11) is 0. The lowest BCUT2D eigenvalue weighted by Crippen LogP contribution is -2.24. The van der Waals surface area contributed by atoms with E-state index in [4.69, 9.17) is 0 Å². The van der Waals surface area contributed by atoms with Crippen LogP contribution in [0.4, 0.5) is 0 Å². The number of hydrogen-bond acceptors (Lipinski definition) is 1. The molecule has 0 bridgehead atoms. The number of Topliss-reactive ketones (excluding diaryl/α,β-unsaturated/α-hetero) is 1. The highest BCUT2D eigenvalue weighted by molar-refractivity contribution is 5.95. The van der Waals surface area contributed by atoms with Gasteiger partial charge in [0, 0.05) is 11.8 Å². The zero-order chi connectivity index (χ0) is 12.1. The van der Waals surface area contributed by atoms with E-state index in [9.17, 15) is 4.79 Å². The predicted octanol–water partition coefficient (Wildman–Crippen LogP) is 3.39. The Bertz CT molecular complexity index is 447. The van der Waals surface area contributed by atoms with Gasteiger partial charge in [-0.15, -0.1) is 0 Å². The van der Waals surface area contributed by atoms with Gasteiger partial charge in [-0.2, -0.15) is 0 Å². The fraction of sp³-hybridized carbons (Fsp3) is 0.533. The highest BCUT2D eigenvalue weighted by Gasteiger charge is 2.38. The Morgan fingerprint density at radius 2 is 1.81 bits per heavy atom. The monoisotopic (exact) mass is 216 g/mol. The largest absolute Gasteiger partial charge is 0.298 e. The summed E-state index contributed by atoms with van der Waals surface area (Å²) in [5, 5.41) is 0. The standard InChI is InChI=1S/C15H20O/c1-14(2,3)11-7-6-10-8-13(16)15(4,5)12(10)9-11/h6-7,9H,8H2,1-5H3. The normalized spacial score (nSPS) is 18.7. The SMILES string of the molecule is CC(C)(C)c1ccc2c(c1)C(C)(C)C(=O)C2. The van der Waals surface area contributed by atoms with E-state index in [1.165, 1.54) is 16.7 Å². The number of carbonyl (C=O) groups excluding carboxylic acids is 1. The first-order valence-corrected chi connectivity index (χ1v) is 5.90. The highest BCUT2D eigenvalue weighted by atomic mass is 16.1. The van der Waals surface area contributed by atoms with Crippen molar-refractivity contribution >= 4 is 5.78 Å². The molecular formula is C15H20O. The molecule has 0 fully saturated rings. The summed E-state index contributed by atoms with van der Waals surface area (Å²) in [6.07, 6.45) is 0.604. The molecule has 2 rings (SSSR count). The first kappa shape index (κ1) is 11.4. The molecule has 1 aromatic carbocycles. The van der Waals surface area contributed by atoms with Crippen LogP contribution in [0.15, 0.2) is 18.2 Å². The average molecular weight is 216 g/mol. The summed E-state index contributed by atoms with van der Waals surface area (Å²) in [4.78, 5) is 11.9. The summed E-state index contributed by atoms with van der Waals surface area (Å²) in [6.45, 7) is 10.7. The van der Waals surface area contributed by atoms with E-state index in [0.717, 1.165) is 0 Å². The molecule has 0 saturated carbocycles. The van der Waals surface area contributed by atoms with Crippen LogP contribution in [-0.2, 0) is 22.0 Å². The van der Waals surface area contributed by atoms with E-state index in [1.54, 1.807) is 0 Å². The van der Waals surface area contributed by atoms with Gasteiger partial charge in [0.15, 0.2) is 0 Å². The van der Waals surface area contributed by atoms with Crippen molar-refractivity contribution in [3.8, 4) is 0 Å². The number of hydrogen-bond donors (Lipinski definition) is 0. The van der Waals surface area contributed by atoms with Crippen molar-refractivity contribution in [3.63, 3.8) is 0 Å². The molecule has 0 saturated heterocycles. The van der Waals surface area contributed by atoms with Crippen LogP contribution in [0.2, 0.25) is 0 Å². The van der Waals surface area contributed by atoms with Crippen molar-refractivity contribution < 1.29 is 4.79 Å². The van der Waals surface area contributed by atoms with Gasteiger partial charge in [0.05, 0.1) is 0 Å². The second-order valence-corrected chi connectivity index (χ2v) is 6.35. The van der Waals surface area contributed by atoms with Crippen LogP contribution in [0, 0.1) is 0 Å². The lowest BCUT2D eigenvalue weighted by atomic mass is 9.80. The molecule has 0 atom stereocenters.